The Kier molecular flexibility index (Phi) is 4.84. The molecular weight excluding hydrogens is 428 g/mol. The Morgan fingerprint density at radius 1 is 1.17 bits per heavy atom. The first-order chi connectivity index (χ1) is 14.0. The molecule has 1 fully saturated rings. The highest BCUT2D eigenvalue weighted by atomic mass is 32.2. The molecule has 0 bridgehead atoms. The number of rotatable bonds is 3. The van der Waals surface area contributed by atoms with Crippen molar-refractivity contribution in [1.29, 1.82) is 0 Å². The summed E-state index contributed by atoms with van der Waals surface area (Å²) < 4.78 is 83.1. The first-order valence-electron chi connectivity index (χ1n) is 9.09. The average molecular weight is 446 g/mol. The maximum Gasteiger partial charge on any atom is 0.434 e. The first-order valence-corrected chi connectivity index (χ1v) is 10.5. The molecule has 0 aromatic carbocycles. The van der Waals surface area contributed by atoms with Crippen LogP contribution in [0.3, 0.4) is 0 Å². The van der Waals surface area contributed by atoms with Crippen LogP contribution in [0.1, 0.15) is 35.6 Å². The minimum absolute atomic E-state index is 0.00957. The highest BCUT2D eigenvalue weighted by Crippen LogP contribution is 2.37. The number of aromatic nitrogens is 5. The van der Waals surface area contributed by atoms with Gasteiger partial charge in [0, 0.05) is 26.3 Å². The Balaban J connectivity index is 1.59. The van der Waals surface area contributed by atoms with Gasteiger partial charge in [-0.25, -0.2) is 22.3 Å². The molecule has 0 saturated carbocycles. The van der Waals surface area contributed by atoms with E-state index in [1.807, 2.05) is 0 Å². The third kappa shape index (κ3) is 3.25. The molecule has 0 radical (unpaired) electrons. The zero-order chi connectivity index (χ0) is 21.8. The van der Waals surface area contributed by atoms with Gasteiger partial charge >= 0.3 is 6.18 Å². The Bertz CT molecular complexity index is 1210. The van der Waals surface area contributed by atoms with Gasteiger partial charge in [-0.2, -0.15) is 27.7 Å². The molecule has 3 aromatic rings. The Morgan fingerprint density at radius 2 is 1.83 bits per heavy atom. The fraction of sp³-hybridized carbons (Fsp3) is 0.471. The minimum Gasteiger partial charge on any atom is -0.262 e. The number of fused-ring (bicyclic) bond motifs is 1. The summed E-state index contributed by atoms with van der Waals surface area (Å²) in [6.45, 7) is 1.64. The first kappa shape index (κ1) is 20.7. The Labute approximate surface area is 169 Å². The van der Waals surface area contributed by atoms with Crippen LogP contribution in [0.5, 0.6) is 0 Å². The van der Waals surface area contributed by atoms with Gasteiger partial charge in [0.15, 0.2) is 17.2 Å². The van der Waals surface area contributed by atoms with Crippen LogP contribution >= 0.6 is 0 Å². The molecule has 0 N–H and O–H groups in total. The quantitative estimate of drug-likeness (QED) is 0.577. The van der Waals surface area contributed by atoms with Crippen molar-refractivity contribution in [2.45, 2.75) is 36.8 Å². The van der Waals surface area contributed by atoms with E-state index in [4.69, 9.17) is 0 Å². The molecule has 0 aliphatic carbocycles. The smallest absolute Gasteiger partial charge is 0.262 e. The fourth-order valence-electron chi connectivity index (χ4n) is 3.91. The van der Waals surface area contributed by atoms with E-state index in [-0.39, 0.29) is 24.7 Å². The molecule has 162 valence electrons. The van der Waals surface area contributed by atoms with E-state index < -0.39 is 32.6 Å². The number of hydrogen-bond donors (Lipinski definition) is 0. The number of aryl methyl sites for hydroxylation is 1. The molecule has 1 saturated heterocycles. The van der Waals surface area contributed by atoms with Crippen molar-refractivity contribution in [3.05, 3.63) is 41.4 Å². The monoisotopic (exact) mass is 446 g/mol. The Hall–Kier alpha value is -2.54. The van der Waals surface area contributed by atoms with Gasteiger partial charge < -0.3 is 0 Å². The summed E-state index contributed by atoms with van der Waals surface area (Å²) in [4.78, 5) is 3.00. The van der Waals surface area contributed by atoms with Crippen molar-refractivity contribution in [2.24, 2.45) is 7.05 Å². The minimum atomic E-state index is -4.85. The summed E-state index contributed by atoms with van der Waals surface area (Å²) in [7, 11) is -3.33. The van der Waals surface area contributed by atoms with Crippen LogP contribution in [-0.4, -0.2) is 50.2 Å². The number of hydrogen-bond acceptors (Lipinski definition) is 5. The molecule has 13 heteroatoms. The molecule has 0 spiro atoms. The van der Waals surface area contributed by atoms with Crippen LogP contribution in [-0.2, 0) is 23.2 Å². The third-order valence-corrected chi connectivity index (χ3v) is 7.38. The van der Waals surface area contributed by atoms with Gasteiger partial charge in [-0.1, -0.05) is 0 Å². The molecular formula is C17H18F4N6O2S. The molecule has 0 amide bonds. The highest BCUT2D eigenvalue weighted by molar-refractivity contribution is 7.89. The van der Waals surface area contributed by atoms with Crippen molar-refractivity contribution in [1.82, 2.24) is 28.7 Å². The van der Waals surface area contributed by atoms with Crippen LogP contribution in [0.4, 0.5) is 17.6 Å². The number of alkyl halides is 3. The van der Waals surface area contributed by atoms with E-state index in [0.717, 1.165) is 17.5 Å². The van der Waals surface area contributed by atoms with Crippen molar-refractivity contribution < 1.29 is 26.0 Å². The van der Waals surface area contributed by atoms with Crippen LogP contribution in [0.15, 0.2) is 23.6 Å². The van der Waals surface area contributed by atoms with Crippen LogP contribution in [0.25, 0.3) is 5.65 Å². The predicted molar refractivity (Wildman–Crippen MR) is 96.6 cm³/mol. The van der Waals surface area contributed by atoms with Crippen molar-refractivity contribution in [3.63, 3.8) is 0 Å². The van der Waals surface area contributed by atoms with Gasteiger partial charge in [0.05, 0.1) is 6.20 Å². The molecule has 3 aromatic heterocycles. The molecule has 8 nitrogen and oxygen atoms in total. The summed E-state index contributed by atoms with van der Waals surface area (Å²) in [5, 5.41) is 7.43. The lowest BCUT2D eigenvalue weighted by molar-refractivity contribution is -0.146. The lowest BCUT2D eigenvalue weighted by Gasteiger charge is -2.32. The molecule has 1 aliphatic heterocycles. The summed E-state index contributed by atoms with van der Waals surface area (Å²) in [5.41, 5.74) is -0.116. The topological polar surface area (TPSA) is 85.4 Å². The van der Waals surface area contributed by atoms with Crippen LogP contribution in [0, 0.1) is 12.7 Å². The molecule has 4 rings (SSSR count). The van der Waals surface area contributed by atoms with Crippen molar-refractivity contribution >= 4 is 15.7 Å². The molecule has 0 unspecified atom stereocenters. The van der Waals surface area contributed by atoms with E-state index in [2.05, 4.69) is 15.2 Å². The second kappa shape index (κ2) is 7.01. The molecule has 4 heterocycles. The largest absolute Gasteiger partial charge is 0.434 e. The van der Waals surface area contributed by atoms with Crippen LogP contribution in [0.2, 0.25) is 0 Å². The number of sulfonamides is 1. The maximum atomic E-state index is 14.5. The second-order valence-electron chi connectivity index (χ2n) is 7.21. The SMILES string of the molecule is Cc1c(C2CCN(S(=O)(=O)c3cnn(C)c3C(F)(F)F)CC2)cn2ncnc2c1F. The Morgan fingerprint density at radius 3 is 2.47 bits per heavy atom. The van der Waals surface area contributed by atoms with E-state index in [0.29, 0.717) is 28.7 Å². The lowest BCUT2D eigenvalue weighted by atomic mass is 9.88. The van der Waals surface area contributed by atoms with Crippen LogP contribution < -0.4 is 0 Å². The van der Waals surface area contributed by atoms with Gasteiger partial charge in [0.2, 0.25) is 10.0 Å². The predicted octanol–water partition coefficient (Wildman–Crippen LogP) is 2.50. The summed E-state index contributed by atoms with van der Waals surface area (Å²) in [6, 6.07) is 0. The van der Waals surface area contributed by atoms with Gasteiger partial charge in [-0.05, 0) is 36.8 Å². The standard InChI is InChI=1S/C17H18F4N6O2S/c1-10-12(8-27-16(14(10)18)22-9-24-27)11-3-5-26(6-4-11)30(28,29)13-7-23-25(2)15(13)17(19,20)21/h7-9,11H,3-6H2,1-2H3. The summed E-state index contributed by atoms with van der Waals surface area (Å²) in [6.07, 6.45) is -0.555. The van der Waals surface area contributed by atoms with Gasteiger partial charge in [0.1, 0.15) is 11.2 Å². The van der Waals surface area contributed by atoms with E-state index in [9.17, 15) is 26.0 Å². The van der Waals surface area contributed by atoms with Gasteiger partial charge in [0.25, 0.3) is 0 Å². The average Bonchev–Trinajstić information content (AvgIpc) is 3.31. The third-order valence-electron chi connectivity index (χ3n) is 5.48. The summed E-state index contributed by atoms with van der Waals surface area (Å²) >= 11 is 0. The van der Waals surface area contributed by atoms with E-state index in [1.54, 1.807) is 13.1 Å². The van der Waals surface area contributed by atoms with Gasteiger partial charge in [-0.3, -0.25) is 4.68 Å². The normalized spacial score (nSPS) is 17.1. The number of nitrogens with zero attached hydrogens (tertiary/aromatic N) is 6. The lowest BCUT2D eigenvalue weighted by Crippen LogP contribution is -2.38. The molecule has 1 aliphatic rings. The van der Waals surface area contributed by atoms with Crippen molar-refractivity contribution in [3.8, 4) is 0 Å². The number of piperidine rings is 1. The second-order valence-corrected chi connectivity index (χ2v) is 9.12. The number of pyridine rings is 1. The maximum absolute atomic E-state index is 14.5. The van der Waals surface area contributed by atoms with Gasteiger partial charge in [-0.15, -0.1) is 0 Å². The number of halogens is 4. The fourth-order valence-corrected chi connectivity index (χ4v) is 5.55. The van der Waals surface area contributed by atoms with Crippen molar-refractivity contribution in [2.75, 3.05) is 13.1 Å². The summed E-state index contributed by atoms with van der Waals surface area (Å²) in [5.74, 6) is -0.652. The molecule has 0 atom stereocenters. The zero-order valence-corrected chi connectivity index (χ0v) is 16.9. The zero-order valence-electron chi connectivity index (χ0n) is 16.1. The highest BCUT2D eigenvalue weighted by Gasteiger charge is 2.43. The van der Waals surface area contributed by atoms with E-state index >= 15 is 0 Å². The van der Waals surface area contributed by atoms with E-state index in [1.165, 1.54) is 10.8 Å². The molecule has 30 heavy (non-hydrogen) atoms.